The maximum atomic E-state index is 9.10. The van der Waals surface area contributed by atoms with Gasteiger partial charge in [0.2, 0.25) is 0 Å². The fraction of sp³-hybridized carbons (Fsp3) is 1.00. The summed E-state index contributed by atoms with van der Waals surface area (Å²) in [7, 11) is 0. The van der Waals surface area contributed by atoms with Crippen molar-refractivity contribution in [2.75, 3.05) is 19.7 Å². The van der Waals surface area contributed by atoms with Crippen LogP contribution in [0, 0.1) is 0 Å². The monoisotopic (exact) mass is 159 g/mol. The average Bonchev–Trinajstić information content (AvgIpc) is 2.34. The van der Waals surface area contributed by atoms with Crippen LogP contribution in [-0.4, -0.2) is 47.0 Å². The Morgan fingerprint density at radius 1 is 1.64 bits per heavy atom. The van der Waals surface area contributed by atoms with Gasteiger partial charge in [-0.15, -0.1) is 0 Å². The quantitative estimate of drug-likeness (QED) is 0.600. The number of hydrogen-bond acceptors (Lipinski definition) is 3. The van der Waals surface area contributed by atoms with E-state index in [1.807, 2.05) is 0 Å². The summed E-state index contributed by atoms with van der Waals surface area (Å²) in [5, 5.41) is 18.0. The molecule has 2 atom stereocenters. The van der Waals surface area contributed by atoms with Crippen molar-refractivity contribution in [3.63, 3.8) is 0 Å². The van der Waals surface area contributed by atoms with Crippen LogP contribution in [0.5, 0.6) is 0 Å². The highest BCUT2D eigenvalue weighted by Crippen LogP contribution is 2.16. The van der Waals surface area contributed by atoms with Crippen LogP contribution in [0.15, 0.2) is 0 Å². The minimum Gasteiger partial charge on any atom is -0.395 e. The number of likely N-dealkylation sites (tertiary alicyclic amines) is 1. The van der Waals surface area contributed by atoms with Crippen molar-refractivity contribution in [3.05, 3.63) is 0 Å². The van der Waals surface area contributed by atoms with Gasteiger partial charge in [-0.2, -0.15) is 0 Å². The number of rotatable bonds is 3. The van der Waals surface area contributed by atoms with Crippen LogP contribution in [0.25, 0.3) is 0 Å². The molecule has 0 aromatic carbocycles. The van der Waals surface area contributed by atoms with E-state index in [1.165, 1.54) is 0 Å². The Morgan fingerprint density at radius 2 is 2.36 bits per heavy atom. The Bertz CT molecular complexity index is 117. The molecule has 3 nitrogen and oxygen atoms in total. The molecule has 1 aliphatic rings. The zero-order valence-corrected chi connectivity index (χ0v) is 7.03. The highest BCUT2D eigenvalue weighted by molar-refractivity contribution is 4.79. The minimum atomic E-state index is -0.276. The van der Waals surface area contributed by atoms with Gasteiger partial charge in [-0.05, 0) is 26.3 Å². The van der Waals surface area contributed by atoms with Gasteiger partial charge in [-0.25, -0.2) is 0 Å². The molecule has 1 heterocycles. The van der Waals surface area contributed by atoms with Gasteiger partial charge in [0.1, 0.15) is 0 Å². The summed E-state index contributed by atoms with van der Waals surface area (Å²) in [5.74, 6) is 0. The van der Waals surface area contributed by atoms with Gasteiger partial charge in [0.15, 0.2) is 0 Å². The standard InChI is InChI=1S/C8H17NO2/c1-7(11)5-9-4-2-3-8(9)6-10/h7-8,10-11H,2-6H2,1H3/t7-,8?/m0/s1. The summed E-state index contributed by atoms with van der Waals surface area (Å²) in [4.78, 5) is 2.16. The predicted molar refractivity (Wildman–Crippen MR) is 43.4 cm³/mol. The Hall–Kier alpha value is -0.120. The van der Waals surface area contributed by atoms with Gasteiger partial charge < -0.3 is 10.2 Å². The third-order valence-corrected chi connectivity index (χ3v) is 2.21. The molecular weight excluding hydrogens is 142 g/mol. The number of aliphatic hydroxyl groups is 2. The normalized spacial score (nSPS) is 29.2. The van der Waals surface area contributed by atoms with Crippen molar-refractivity contribution in [2.45, 2.75) is 31.9 Å². The van der Waals surface area contributed by atoms with Crippen molar-refractivity contribution in [2.24, 2.45) is 0 Å². The van der Waals surface area contributed by atoms with Gasteiger partial charge in [0.05, 0.1) is 12.7 Å². The fourth-order valence-corrected chi connectivity index (χ4v) is 1.68. The van der Waals surface area contributed by atoms with E-state index in [0.29, 0.717) is 12.6 Å². The Balaban J connectivity index is 2.31. The maximum Gasteiger partial charge on any atom is 0.0639 e. The number of hydrogen-bond donors (Lipinski definition) is 2. The van der Waals surface area contributed by atoms with E-state index in [9.17, 15) is 0 Å². The summed E-state index contributed by atoms with van der Waals surface area (Å²) in [5.41, 5.74) is 0. The van der Waals surface area contributed by atoms with Crippen LogP contribution in [0.1, 0.15) is 19.8 Å². The van der Waals surface area contributed by atoms with Crippen LogP contribution in [0.3, 0.4) is 0 Å². The Labute approximate surface area is 67.6 Å². The smallest absolute Gasteiger partial charge is 0.0639 e. The fourth-order valence-electron chi connectivity index (χ4n) is 1.68. The first kappa shape index (κ1) is 8.97. The van der Waals surface area contributed by atoms with Gasteiger partial charge >= 0.3 is 0 Å². The van der Waals surface area contributed by atoms with Gasteiger partial charge in [-0.1, -0.05) is 0 Å². The summed E-state index contributed by atoms with van der Waals surface area (Å²) in [6, 6.07) is 0.296. The van der Waals surface area contributed by atoms with Crippen molar-refractivity contribution in [1.29, 1.82) is 0 Å². The average molecular weight is 159 g/mol. The molecule has 1 fully saturated rings. The topological polar surface area (TPSA) is 43.7 Å². The SMILES string of the molecule is C[C@H](O)CN1CCCC1CO. The Kier molecular flexibility index (Phi) is 3.30. The van der Waals surface area contributed by atoms with Gasteiger partial charge in [-0.3, -0.25) is 4.90 Å². The van der Waals surface area contributed by atoms with Crippen LogP contribution in [0.4, 0.5) is 0 Å². The van der Waals surface area contributed by atoms with Crippen LogP contribution in [0.2, 0.25) is 0 Å². The van der Waals surface area contributed by atoms with Crippen LogP contribution < -0.4 is 0 Å². The molecule has 1 saturated heterocycles. The molecule has 0 aromatic rings. The molecular formula is C8H17NO2. The van der Waals surface area contributed by atoms with Crippen molar-refractivity contribution in [1.82, 2.24) is 4.90 Å². The molecule has 2 N–H and O–H groups in total. The molecule has 11 heavy (non-hydrogen) atoms. The largest absolute Gasteiger partial charge is 0.395 e. The lowest BCUT2D eigenvalue weighted by atomic mass is 10.2. The van der Waals surface area contributed by atoms with Crippen LogP contribution >= 0.6 is 0 Å². The van der Waals surface area contributed by atoms with E-state index >= 15 is 0 Å². The minimum absolute atomic E-state index is 0.229. The zero-order valence-electron chi connectivity index (χ0n) is 7.03. The van der Waals surface area contributed by atoms with Crippen molar-refractivity contribution in [3.8, 4) is 0 Å². The lowest BCUT2D eigenvalue weighted by molar-refractivity contribution is 0.0948. The molecule has 1 aliphatic heterocycles. The molecule has 3 heteroatoms. The van der Waals surface area contributed by atoms with E-state index in [0.717, 1.165) is 19.4 Å². The zero-order chi connectivity index (χ0) is 8.27. The lowest BCUT2D eigenvalue weighted by Crippen LogP contribution is -2.37. The summed E-state index contributed by atoms with van der Waals surface area (Å²) < 4.78 is 0. The van der Waals surface area contributed by atoms with E-state index in [1.54, 1.807) is 6.92 Å². The van der Waals surface area contributed by atoms with Crippen LogP contribution in [-0.2, 0) is 0 Å². The highest BCUT2D eigenvalue weighted by atomic mass is 16.3. The molecule has 0 bridgehead atoms. The molecule has 0 aromatic heterocycles. The third-order valence-electron chi connectivity index (χ3n) is 2.21. The number of nitrogens with zero attached hydrogens (tertiary/aromatic N) is 1. The van der Waals surface area contributed by atoms with Gasteiger partial charge in [0, 0.05) is 12.6 Å². The number of aliphatic hydroxyl groups excluding tert-OH is 2. The molecule has 1 unspecified atom stereocenters. The van der Waals surface area contributed by atoms with Crippen molar-refractivity contribution >= 4 is 0 Å². The molecule has 0 aliphatic carbocycles. The lowest BCUT2D eigenvalue weighted by Gasteiger charge is -2.23. The van der Waals surface area contributed by atoms with E-state index in [-0.39, 0.29) is 12.7 Å². The highest BCUT2D eigenvalue weighted by Gasteiger charge is 2.23. The number of β-amino-alcohol motifs (C(OH)–C–C–N with tert-alkyl or cyclic N) is 1. The summed E-state index contributed by atoms with van der Waals surface area (Å²) in [6.45, 7) is 3.74. The molecule has 66 valence electrons. The maximum absolute atomic E-state index is 9.10. The summed E-state index contributed by atoms with van der Waals surface area (Å²) >= 11 is 0. The first-order valence-corrected chi connectivity index (χ1v) is 4.27. The predicted octanol–water partition coefficient (Wildman–Crippen LogP) is -0.176. The molecule has 0 radical (unpaired) electrons. The second kappa shape index (κ2) is 4.04. The first-order valence-electron chi connectivity index (χ1n) is 4.27. The Morgan fingerprint density at radius 3 is 2.91 bits per heavy atom. The second-order valence-corrected chi connectivity index (χ2v) is 3.32. The molecule has 0 saturated carbocycles. The van der Waals surface area contributed by atoms with E-state index in [2.05, 4.69) is 4.90 Å². The second-order valence-electron chi connectivity index (χ2n) is 3.32. The third kappa shape index (κ3) is 2.43. The van der Waals surface area contributed by atoms with E-state index in [4.69, 9.17) is 10.2 Å². The molecule has 1 rings (SSSR count). The van der Waals surface area contributed by atoms with E-state index < -0.39 is 0 Å². The molecule has 0 spiro atoms. The summed E-state index contributed by atoms with van der Waals surface area (Å²) in [6.07, 6.45) is 1.95. The molecule has 0 amide bonds. The van der Waals surface area contributed by atoms with Gasteiger partial charge in [0.25, 0.3) is 0 Å². The van der Waals surface area contributed by atoms with Crippen molar-refractivity contribution < 1.29 is 10.2 Å². The first-order chi connectivity index (χ1) is 5.24.